The van der Waals surface area contributed by atoms with E-state index in [1.54, 1.807) is 23.8 Å². The van der Waals surface area contributed by atoms with Gasteiger partial charge in [0, 0.05) is 29.8 Å². The Hall–Kier alpha value is -4.04. The number of benzene rings is 3. The van der Waals surface area contributed by atoms with Crippen LogP contribution < -0.4 is 9.64 Å². The van der Waals surface area contributed by atoms with Gasteiger partial charge in [-0.3, -0.25) is 14.5 Å². The minimum atomic E-state index is -0.239. The van der Waals surface area contributed by atoms with Crippen molar-refractivity contribution in [2.75, 3.05) is 37.4 Å². The molecule has 0 spiro atoms. The van der Waals surface area contributed by atoms with Gasteiger partial charge in [0.2, 0.25) is 11.8 Å². The van der Waals surface area contributed by atoms with Crippen LogP contribution in [-0.4, -0.2) is 59.0 Å². The summed E-state index contributed by atoms with van der Waals surface area (Å²) in [7, 11) is 1.67. The highest BCUT2D eigenvalue weighted by molar-refractivity contribution is 8.00. The van der Waals surface area contributed by atoms with E-state index in [1.807, 2.05) is 95.4 Å². The number of hydrogen-bond donors (Lipinski definition) is 0. The molecule has 40 heavy (non-hydrogen) atoms. The number of hydrogen-bond acceptors (Lipinski definition) is 5. The number of carbonyl (C=O) groups is 2. The molecule has 0 aliphatic carbocycles. The van der Waals surface area contributed by atoms with Gasteiger partial charge in [0.05, 0.1) is 29.5 Å². The molecule has 0 unspecified atom stereocenters. The van der Waals surface area contributed by atoms with Crippen molar-refractivity contribution in [2.24, 2.45) is 0 Å². The average molecular weight is 553 g/mol. The van der Waals surface area contributed by atoms with Crippen LogP contribution in [-0.2, 0) is 9.59 Å². The molecule has 0 radical (unpaired) electrons. The van der Waals surface area contributed by atoms with Crippen molar-refractivity contribution < 1.29 is 14.3 Å². The fourth-order valence-corrected chi connectivity index (χ4v) is 6.75. The number of anilines is 1. The topological polar surface area (TPSA) is 67.7 Å². The molecule has 4 aromatic rings. The highest BCUT2D eigenvalue weighted by atomic mass is 32.2. The van der Waals surface area contributed by atoms with E-state index < -0.39 is 0 Å². The molecule has 1 aromatic heterocycles. The first-order valence-electron chi connectivity index (χ1n) is 13.6. The number of methoxy groups -OCH3 is 1. The number of fused-ring (bicyclic) bond motifs is 1. The number of thioether (sulfide) groups is 1. The van der Waals surface area contributed by atoms with Crippen LogP contribution in [0.5, 0.6) is 5.75 Å². The van der Waals surface area contributed by atoms with Gasteiger partial charge in [0.25, 0.3) is 0 Å². The SMILES string of the molecule is COc1ccccc1[C@@H]1SCC(=O)N(CC(=O)N2CCCC2)c2c1c(-c1ccccc1)nn2-c1ccc(C)cc1. The van der Waals surface area contributed by atoms with Crippen LogP contribution in [0.3, 0.4) is 0 Å². The second-order valence-corrected chi connectivity index (χ2v) is 11.3. The molecule has 0 bridgehead atoms. The summed E-state index contributed by atoms with van der Waals surface area (Å²) in [6, 6.07) is 26.1. The molecule has 7 nitrogen and oxygen atoms in total. The summed E-state index contributed by atoms with van der Waals surface area (Å²) < 4.78 is 7.64. The largest absolute Gasteiger partial charge is 0.496 e. The van der Waals surface area contributed by atoms with Crippen molar-refractivity contribution in [1.82, 2.24) is 14.7 Å². The molecule has 2 amide bonds. The zero-order valence-corrected chi connectivity index (χ0v) is 23.6. The minimum absolute atomic E-state index is 0.0170. The van der Waals surface area contributed by atoms with E-state index in [2.05, 4.69) is 0 Å². The summed E-state index contributed by atoms with van der Waals surface area (Å²) in [6.45, 7) is 3.50. The Morgan fingerprint density at radius 3 is 2.40 bits per heavy atom. The van der Waals surface area contributed by atoms with E-state index in [0.717, 1.165) is 65.3 Å². The summed E-state index contributed by atoms with van der Waals surface area (Å²) in [6.07, 6.45) is 1.99. The van der Waals surface area contributed by atoms with E-state index >= 15 is 0 Å². The van der Waals surface area contributed by atoms with Gasteiger partial charge < -0.3 is 9.64 Å². The van der Waals surface area contributed by atoms with E-state index in [-0.39, 0.29) is 29.4 Å². The lowest BCUT2D eigenvalue weighted by molar-refractivity contribution is -0.130. The number of ether oxygens (including phenoxy) is 1. The maximum Gasteiger partial charge on any atom is 0.242 e. The van der Waals surface area contributed by atoms with Gasteiger partial charge in [0.15, 0.2) is 0 Å². The zero-order valence-electron chi connectivity index (χ0n) is 22.7. The monoisotopic (exact) mass is 552 g/mol. The standard InChI is InChI=1S/C32H32N4O3S/c1-22-14-16-24(17-15-22)36-32-29(30(33-36)23-10-4-3-5-11-23)31(25-12-6-7-13-26(25)39-2)40-21-28(38)35(32)20-27(37)34-18-8-9-19-34/h3-7,10-17,31H,8-9,18-21H2,1-2H3/t31-/m0/s1. The Balaban J connectivity index is 1.62. The first-order chi connectivity index (χ1) is 19.5. The van der Waals surface area contributed by atoms with Crippen LogP contribution in [0.4, 0.5) is 5.82 Å². The van der Waals surface area contributed by atoms with Gasteiger partial charge in [0.1, 0.15) is 18.1 Å². The molecule has 6 rings (SSSR count). The second kappa shape index (κ2) is 11.2. The van der Waals surface area contributed by atoms with Crippen molar-refractivity contribution in [3.8, 4) is 22.7 Å². The third-order valence-corrected chi connectivity index (χ3v) is 8.82. The van der Waals surface area contributed by atoms with Gasteiger partial charge in [-0.25, -0.2) is 4.68 Å². The van der Waals surface area contributed by atoms with Crippen molar-refractivity contribution in [1.29, 1.82) is 0 Å². The molecule has 1 saturated heterocycles. The highest BCUT2D eigenvalue weighted by Gasteiger charge is 2.39. The first-order valence-corrected chi connectivity index (χ1v) is 14.7. The van der Waals surface area contributed by atoms with Crippen LogP contribution in [0.25, 0.3) is 16.9 Å². The number of rotatable bonds is 6. The van der Waals surface area contributed by atoms with Crippen LogP contribution in [0.1, 0.15) is 34.8 Å². The molecule has 2 aliphatic heterocycles. The van der Waals surface area contributed by atoms with Crippen molar-refractivity contribution in [3.63, 3.8) is 0 Å². The molecule has 2 aliphatic rings. The van der Waals surface area contributed by atoms with Crippen molar-refractivity contribution in [2.45, 2.75) is 25.0 Å². The molecule has 204 valence electrons. The van der Waals surface area contributed by atoms with Crippen molar-refractivity contribution >= 4 is 29.4 Å². The number of nitrogens with zero attached hydrogens (tertiary/aromatic N) is 4. The average Bonchev–Trinajstić information content (AvgIpc) is 3.64. The Labute approximate surface area is 238 Å². The van der Waals surface area contributed by atoms with Crippen LogP contribution in [0.15, 0.2) is 78.9 Å². The third-order valence-electron chi connectivity index (χ3n) is 7.59. The van der Waals surface area contributed by atoms with Gasteiger partial charge in [-0.2, -0.15) is 5.10 Å². The molecule has 3 heterocycles. The smallest absolute Gasteiger partial charge is 0.242 e. The number of carbonyl (C=O) groups excluding carboxylic acids is 2. The lowest BCUT2D eigenvalue weighted by Crippen LogP contribution is -2.43. The molecule has 0 saturated carbocycles. The third kappa shape index (κ3) is 4.88. The quantitative estimate of drug-likeness (QED) is 0.309. The minimum Gasteiger partial charge on any atom is -0.496 e. The van der Waals surface area contributed by atoms with E-state index in [1.165, 1.54) is 0 Å². The fraction of sp³-hybridized carbons (Fsp3) is 0.281. The molecule has 8 heteroatoms. The predicted octanol–water partition coefficient (Wildman–Crippen LogP) is 5.65. The van der Waals surface area contributed by atoms with Crippen LogP contribution in [0.2, 0.25) is 0 Å². The lowest BCUT2D eigenvalue weighted by atomic mass is 9.99. The van der Waals surface area contributed by atoms with Gasteiger partial charge in [-0.05, 0) is 38.0 Å². The maximum atomic E-state index is 13.9. The summed E-state index contributed by atoms with van der Waals surface area (Å²) >= 11 is 1.55. The van der Waals surface area contributed by atoms with E-state index in [4.69, 9.17) is 9.84 Å². The summed E-state index contributed by atoms with van der Waals surface area (Å²) in [4.78, 5) is 30.9. The predicted molar refractivity (Wildman–Crippen MR) is 159 cm³/mol. The maximum absolute atomic E-state index is 13.9. The number of likely N-dealkylation sites (tertiary alicyclic amines) is 1. The number of aryl methyl sites for hydroxylation is 1. The number of para-hydroxylation sites is 1. The lowest BCUT2D eigenvalue weighted by Gasteiger charge is -2.25. The summed E-state index contributed by atoms with van der Waals surface area (Å²) in [5, 5.41) is 4.93. The zero-order chi connectivity index (χ0) is 27.6. The van der Waals surface area contributed by atoms with Gasteiger partial charge in [-0.15, -0.1) is 11.8 Å². The highest BCUT2D eigenvalue weighted by Crippen LogP contribution is 2.50. The summed E-state index contributed by atoms with van der Waals surface area (Å²) in [5.74, 6) is 1.48. The van der Waals surface area contributed by atoms with Crippen LogP contribution >= 0.6 is 11.8 Å². The Morgan fingerprint density at radius 2 is 1.68 bits per heavy atom. The second-order valence-electron chi connectivity index (χ2n) is 10.2. The Kier molecular flexibility index (Phi) is 7.34. The van der Waals surface area contributed by atoms with Crippen LogP contribution in [0, 0.1) is 6.92 Å². The normalized spacial score (nSPS) is 17.1. The first kappa shape index (κ1) is 26.2. The number of amides is 2. The Morgan fingerprint density at radius 1 is 0.975 bits per heavy atom. The molecule has 1 atom stereocenters. The van der Waals surface area contributed by atoms with Crippen molar-refractivity contribution in [3.05, 3.63) is 95.6 Å². The van der Waals surface area contributed by atoms with E-state index in [0.29, 0.717) is 5.82 Å². The molecule has 0 N–H and O–H groups in total. The fourth-order valence-electron chi connectivity index (χ4n) is 5.52. The Bertz CT molecular complexity index is 1530. The summed E-state index contributed by atoms with van der Waals surface area (Å²) in [5.41, 5.74) is 5.57. The molecular formula is C32H32N4O3S. The molecule has 1 fully saturated rings. The van der Waals surface area contributed by atoms with Gasteiger partial charge in [-0.1, -0.05) is 66.2 Å². The van der Waals surface area contributed by atoms with E-state index in [9.17, 15) is 9.59 Å². The number of aromatic nitrogens is 2. The molecule has 3 aromatic carbocycles. The molecular weight excluding hydrogens is 520 g/mol. The van der Waals surface area contributed by atoms with Gasteiger partial charge >= 0.3 is 0 Å².